The molecule has 4 rings (SSSR count). The van der Waals surface area contributed by atoms with Gasteiger partial charge in [-0.3, -0.25) is 9.10 Å². The van der Waals surface area contributed by atoms with E-state index in [1.54, 1.807) is 6.07 Å². The van der Waals surface area contributed by atoms with E-state index >= 15 is 0 Å². The average molecular weight is 555 g/mol. The van der Waals surface area contributed by atoms with Crippen LogP contribution in [0.4, 0.5) is 18.9 Å². The number of sulfonamides is 1. The van der Waals surface area contributed by atoms with Crippen molar-refractivity contribution in [2.24, 2.45) is 5.10 Å². The predicted octanol–water partition coefficient (Wildman–Crippen LogP) is 5.46. The minimum Gasteiger partial charge on any atom is -0.318 e. The third-order valence-electron chi connectivity index (χ3n) is 5.96. The first-order valence-electron chi connectivity index (χ1n) is 11.8. The van der Waals surface area contributed by atoms with E-state index in [-0.39, 0.29) is 10.6 Å². The number of rotatable bonds is 8. The van der Waals surface area contributed by atoms with Gasteiger partial charge in [0.25, 0.3) is 15.9 Å². The molecule has 0 atom stereocenters. The molecule has 0 aliphatic heterocycles. The Labute approximate surface area is 224 Å². The molecule has 1 amide bonds. The van der Waals surface area contributed by atoms with E-state index in [2.05, 4.69) is 10.5 Å². The number of nitrogens with zero attached hydrogens (tertiary/aromatic N) is 3. The van der Waals surface area contributed by atoms with Crippen molar-refractivity contribution in [1.29, 1.82) is 0 Å². The standard InChI is InChI=1S/C28H25F3N4O3S/c1-20-16-22(21(2)35(20)24-11-5-3-6-12-24)18-32-33-27(36)19-34(39(37,38)26-14-7-4-8-15-26)25-13-9-10-23(17-25)28(29,30)31/h3-18H,19H2,1-2H3,(H,33,36)/b32-18+. The SMILES string of the molecule is Cc1cc(/C=N/NC(=O)CN(c2cccc(C(F)(F)F)c2)S(=O)(=O)c2ccccc2)c(C)n1-c1ccccc1. The number of nitrogens with one attached hydrogen (secondary N) is 1. The Bertz CT molecular complexity index is 1600. The van der Waals surface area contributed by atoms with Crippen LogP contribution in [0.25, 0.3) is 5.69 Å². The minimum atomic E-state index is -4.70. The van der Waals surface area contributed by atoms with Gasteiger partial charge in [0, 0.05) is 22.6 Å². The second-order valence-corrected chi connectivity index (χ2v) is 10.5. The lowest BCUT2D eigenvalue weighted by Crippen LogP contribution is -2.39. The third kappa shape index (κ3) is 6.20. The molecule has 0 unspecified atom stereocenters. The third-order valence-corrected chi connectivity index (χ3v) is 7.75. The molecular weight excluding hydrogens is 529 g/mol. The number of carbonyl (C=O) groups is 1. The number of halogens is 3. The molecule has 202 valence electrons. The number of amides is 1. The summed E-state index contributed by atoms with van der Waals surface area (Å²) in [5, 5.41) is 3.97. The van der Waals surface area contributed by atoms with Crippen LogP contribution in [0.5, 0.6) is 0 Å². The zero-order chi connectivity index (χ0) is 28.2. The van der Waals surface area contributed by atoms with Crippen molar-refractivity contribution in [1.82, 2.24) is 9.99 Å². The number of hydrogen-bond donors (Lipinski definition) is 1. The van der Waals surface area contributed by atoms with E-state index in [0.717, 1.165) is 34.8 Å². The second kappa shape index (κ2) is 11.2. The topological polar surface area (TPSA) is 83.8 Å². The van der Waals surface area contributed by atoms with Crippen molar-refractivity contribution < 1.29 is 26.4 Å². The summed E-state index contributed by atoms with van der Waals surface area (Å²) >= 11 is 0. The summed E-state index contributed by atoms with van der Waals surface area (Å²) in [6.45, 7) is 3.03. The maximum absolute atomic E-state index is 13.4. The average Bonchev–Trinajstić information content (AvgIpc) is 3.20. The Hall–Kier alpha value is -4.38. The van der Waals surface area contributed by atoms with Crippen LogP contribution in [0, 0.1) is 13.8 Å². The van der Waals surface area contributed by atoms with Crippen LogP contribution in [-0.4, -0.2) is 31.7 Å². The number of carbonyl (C=O) groups excluding carboxylic acids is 1. The number of alkyl halides is 3. The maximum atomic E-state index is 13.4. The molecule has 3 aromatic carbocycles. The second-order valence-electron chi connectivity index (χ2n) is 8.66. The Morgan fingerprint density at radius 3 is 2.23 bits per heavy atom. The Kier molecular flexibility index (Phi) is 7.91. The van der Waals surface area contributed by atoms with E-state index in [0.29, 0.717) is 10.4 Å². The van der Waals surface area contributed by atoms with Crippen LogP contribution >= 0.6 is 0 Å². The molecule has 1 aromatic heterocycles. The van der Waals surface area contributed by atoms with E-state index in [1.807, 2.05) is 54.8 Å². The van der Waals surface area contributed by atoms with Crippen LogP contribution in [0.15, 0.2) is 101 Å². The number of hydrogen-bond acceptors (Lipinski definition) is 4. The van der Waals surface area contributed by atoms with Gasteiger partial charge in [0.1, 0.15) is 6.54 Å². The normalized spacial score (nSPS) is 12.0. The maximum Gasteiger partial charge on any atom is 0.416 e. The number of anilines is 1. The summed E-state index contributed by atoms with van der Waals surface area (Å²) in [5.41, 5.74) is 4.43. The Balaban J connectivity index is 1.59. The summed E-state index contributed by atoms with van der Waals surface area (Å²) in [7, 11) is -4.38. The van der Waals surface area contributed by atoms with E-state index in [4.69, 9.17) is 0 Å². The van der Waals surface area contributed by atoms with E-state index in [9.17, 15) is 26.4 Å². The lowest BCUT2D eigenvalue weighted by Gasteiger charge is -2.24. The summed E-state index contributed by atoms with van der Waals surface area (Å²) < 4.78 is 69.4. The van der Waals surface area contributed by atoms with Gasteiger partial charge in [0.05, 0.1) is 22.4 Å². The van der Waals surface area contributed by atoms with Gasteiger partial charge in [-0.2, -0.15) is 18.3 Å². The lowest BCUT2D eigenvalue weighted by molar-refractivity contribution is -0.137. The summed E-state index contributed by atoms with van der Waals surface area (Å²) in [6, 6.07) is 22.5. The fraction of sp³-hybridized carbons (Fsp3) is 0.143. The molecular formula is C28H25F3N4O3S. The molecule has 0 saturated carbocycles. The van der Waals surface area contributed by atoms with Gasteiger partial charge in [-0.1, -0.05) is 42.5 Å². The molecule has 7 nitrogen and oxygen atoms in total. The fourth-order valence-corrected chi connectivity index (χ4v) is 5.54. The number of aryl methyl sites for hydroxylation is 1. The highest BCUT2D eigenvalue weighted by Gasteiger charge is 2.33. The molecule has 11 heteroatoms. The summed E-state index contributed by atoms with van der Waals surface area (Å²) in [6.07, 6.45) is -3.27. The van der Waals surface area contributed by atoms with Crippen molar-refractivity contribution in [3.05, 3.63) is 114 Å². The van der Waals surface area contributed by atoms with Crippen LogP contribution in [0.3, 0.4) is 0 Å². The van der Waals surface area contributed by atoms with Gasteiger partial charge in [0.2, 0.25) is 0 Å². The van der Waals surface area contributed by atoms with Crippen LogP contribution in [0.1, 0.15) is 22.5 Å². The molecule has 0 fully saturated rings. The quantitative estimate of drug-likeness (QED) is 0.232. The predicted molar refractivity (Wildman–Crippen MR) is 143 cm³/mol. The molecule has 0 aliphatic rings. The molecule has 0 spiro atoms. The Morgan fingerprint density at radius 2 is 1.59 bits per heavy atom. The van der Waals surface area contributed by atoms with Crippen molar-refractivity contribution in [2.45, 2.75) is 24.9 Å². The van der Waals surface area contributed by atoms with Crippen molar-refractivity contribution in [2.75, 3.05) is 10.8 Å². The van der Waals surface area contributed by atoms with E-state index < -0.39 is 34.2 Å². The van der Waals surface area contributed by atoms with E-state index in [1.165, 1.54) is 36.5 Å². The van der Waals surface area contributed by atoms with Crippen LogP contribution < -0.4 is 9.73 Å². The first-order valence-corrected chi connectivity index (χ1v) is 13.2. The lowest BCUT2D eigenvalue weighted by atomic mass is 10.2. The van der Waals surface area contributed by atoms with Gasteiger partial charge < -0.3 is 4.57 Å². The van der Waals surface area contributed by atoms with Gasteiger partial charge in [-0.15, -0.1) is 0 Å². The molecule has 0 radical (unpaired) electrons. The van der Waals surface area contributed by atoms with Crippen LogP contribution in [-0.2, 0) is 21.0 Å². The highest BCUT2D eigenvalue weighted by molar-refractivity contribution is 7.92. The molecule has 1 N–H and O–H groups in total. The van der Waals surface area contributed by atoms with Gasteiger partial charge >= 0.3 is 6.18 Å². The largest absolute Gasteiger partial charge is 0.416 e. The number of aromatic nitrogens is 1. The molecule has 0 bridgehead atoms. The number of benzene rings is 3. The number of para-hydroxylation sites is 1. The highest BCUT2D eigenvalue weighted by atomic mass is 32.2. The molecule has 0 aliphatic carbocycles. The fourth-order valence-electron chi connectivity index (χ4n) is 4.10. The van der Waals surface area contributed by atoms with Crippen LogP contribution in [0.2, 0.25) is 0 Å². The summed E-state index contributed by atoms with van der Waals surface area (Å²) in [4.78, 5) is 12.6. The molecule has 4 aromatic rings. The number of hydrazone groups is 1. The molecule has 1 heterocycles. The summed E-state index contributed by atoms with van der Waals surface area (Å²) in [5.74, 6) is -0.833. The monoisotopic (exact) mass is 554 g/mol. The van der Waals surface area contributed by atoms with Crippen molar-refractivity contribution >= 4 is 27.8 Å². The molecule has 39 heavy (non-hydrogen) atoms. The van der Waals surface area contributed by atoms with Crippen molar-refractivity contribution in [3.8, 4) is 5.69 Å². The van der Waals surface area contributed by atoms with Gasteiger partial charge in [-0.25, -0.2) is 13.8 Å². The van der Waals surface area contributed by atoms with Gasteiger partial charge in [0.15, 0.2) is 0 Å². The first kappa shape index (κ1) is 27.6. The first-order chi connectivity index (χ1) is 18.5. The zero-order valence-electron chi connectivity index (χ0n) is 21.1. The minimum absolute atomic E-state index is 0.174. The molecule has 0 saturated heterocycles. The van der Waals surface area contributed by atoms with Crippen molar-refractivity contribution in [3.63, 3.8) is 0 Å². The highest BCUT2D eigenvalue weighted by Crippen LogP contribution is 2.33. The zero-order valence-corrected chi connectivity index (χ0v) is 21.9. The Morgan fingerprint density at radius 1 is 0.949 bits per heavy atom. The smallest absolute Gasteiger partial charge is 0.318 e. The van der Waals surface area contributed by atoms with Gasteiger partial charge in [-0.05, 0) is 62.4 Å².